The molecule has 0 radical (unpaired) electrons. The van der Waals surface area contributed by atoms with Gasteiger partial charge in [-0.1, -0.05) is 24.0 Å². The van der Waals surface area contributed by atoms with Crippen LogP contribution in [0.15, 0.2) is 54.7 Å². The maximum atomic E-state index is 12.2. The van der Waals surface area contributed by atoms with E-state index in [4.69, 9.17) is 9.47 Å². The molecule has 0 unspecified atom stereocenters. The Bertz CT molecular complexity index is 1210. The molecule has 0 spiro atoms. The van der Waals surface area contributed by atoms with Crippen LogP contribution in [0.4, 0.5) is 19.0 Å². The van der Waals surface area contributed by atoms with Crippen molar-refractivity contribution < 1.29 is 32.3 Å². The van der Waals surface area contributed by atoms with Gasteiger partial charge in [0.25, 0.3) is 0 Å². The Balaban J connectivity index is 1.35. The second kappa shape index (κ2) is 9.22. The predicted molar refractivity (Wildman–Crippen MR) is 109 cm³/mol. The van der Waals surface area contributed by atoms with Gasteiger partial charge in [0.1, 0.15) is 24.7 Å². The number of rotatable bonds is 5. The molecular weight excluding hydrogens is 443 g/mol. The van der Waals surface area contributed by atoms with Crippen LogP contribution < -0.4 is 9.47 Å². The maximum Gasteiger partial charge on any atom is 0.573 e. The zero-order valence-corrected chi connectivity index (χ0v) is 16.9. The summed E-state index contributed by atoms with van der Waals surface area (Å²) in [5.74, 6) is 5.27. The van der Waals surface area contributed by atoms with Gasteiger partial charge < -0.3 is 24.3 Å². The molecule has 11 heteroatoms. The standard InChI is InChI=1S/C22H16F3N3O5/c23-22(24,25)33-18-8-6-15(7-9-18)4-5-16-2-1-3-17(10-16)13-31-19-11-27-12-20(28(29)30)26-21(27)32-14-19/h1-3,6-10,12,19H,11,13-14H2/t19-/m0/s1. The van der Waals surface area contributed by atoms with E-state index in [0.29, 0.717) is 17.7 Å². The minimum Gasteiger partial charge on any atom is -0.443 e. The summed E-state index contributed by atoms with van der Waals surface area (Å²) in [6.07, 6.45) is -3.74. The predicted octanol–water partition coefficient (Wildman–Crippen LogP) is 4.07. The lowest BCUT2D eigenvalue weighted by molar-refractivity contribution is -0.389. The van der Waals surface area contributed by atoms with Crippen molar-refractivity contribution in [2.45, 2.75) is 25.6 Å². The van der Waals surface area contributed by atoms with Crippen LogP contribution in [0.1, 0.15) is 16.7 Å². The molecule has 33 heavy (non-hydrogen) atoms. The number of hydrogen-bond acceptors (Lipinski definition) is 6. The van der Waals surface area contributed by atoms with Crippen molar-refractivity contribution in [2.24, 2.45) is 0 Å². The number of nitro groups is 1. The smallest absolute Gasteiger partial charge is 0.443 e. The maximum absolute atomic E-state index is 12.2. The number of halogens is 3. The Morgan fingerprint density at radius 2 is 1.94 bits per heavy atom. The van der Waals surface area contributed by atoms with E-state index in [9.17, 15) is 23.3 Å². The van der Waals surface area contributed by atoms with Crippen LogP contribution in [0.5, 0.6) is 11.8 Å². The van der Waals surface area contributed by atoms with Gasteiger partial charge >= 0.3 is 18.2 Å². The summed E-state index contributed by atoms with van der Waals surface area (Å²) in [6.45, 7) is 0.880. The van der Waals surface area contributed by atoms with Gasteiger partial charge in [-0.15, -0.1) is 13.2 Å². The van der Waals surface area contributed by atoms with Gasteiger partial charge in [0, 0.05) is 16.1 Å². The third-order valence-electron chi connectivity index (χ3n) is 4.56. The average Bonchev–Trinajstić information content (AvgIpc) is 3.20. The van der Waals surface area contributed by atoms with E-state index in [-0.39, 0.29) is 36.9 Å². The molecule has 2 aromatic carbocycles. The summed E-state index contributed by atoms with van der Waals surface area (Å²) in [4.78, 5) is 14.0. The number of nitrogens with zero attached hydrogens (tertiary/aromatic N) is 3. The number of imidazole rings is 1. The SMILES string of the molecule is O=[N+]([O-])c1cn2c(n1)OC[C@@H](OCc1cccc(C#Cc3ccc(OC(F)(F)F)cc3)c1)C2. The number of fused-ring (bicyclic) bond motifs is 1. The van der Waals surface area contributed by atoms with Crippen molar-refractivity contribution in [3.63, 3.8) is 0 Å². The summed E-state index contributed by atoms with van der Waals surface area (Å²) in [5, 5.41) is 10.8. The number of aromatic nitrogens is 2. The van der Waals surface area contributed by atoms with Gasteiger partial charge in [-0.25, -0.2) is 0 Å². The molecular formula is C22H16F3N3O5. The summed E-state index contributed by atoms with van der Waals surface area (Å²) < 4.78 is 53.4. The molecule has 3 aromatic rings. The van der Waals surface area contributed by atoms with E-state index >= 15 is 0 Å². The molecule has 0 amide bonds. The van der Waals surface area contributed by atoms with E-state index < -0.39 is 11.3 Å². The molecule has 2 heterocycles. The Morgan fingerprint density at radius 3 is 2.67 bits per heavy atom. The second-order valence-corrected chi connectivity index (χ2v) is 7.06. The van der Waals surface area contributed by atoms with Crippen LogP contribution >= 0.6 is 0 Å². The average molecular weight is 459 g/mol. The molecule has 170 valence electrons. The first kappa shape index (κ1) is 22.2. The van der Waals surface area contributed by atoms with Crippen molar-refractivity contribution in [2.75, 3.05) is 6.61 Å². The van der Waals surface area contributed by atoms with Crippen LogP contribution in [-0.4, -0.2) is 33.5 Å². The quantitative estimate of drug-likeness (QED) is 0.325. The van der Waals surface area contributed by atoms with Crippen LogP contribution in [0.25, 0.3) is 0 Å². The lowest BCUT2D eigenvalue weighted by Crippen LogP contribution is -2.32. The van der Waals surface area contributed by atoms with Gasteiger partial charge in [0.05, 0.1) is 13.2 Å². The summed E-state index contributed by atoms with van der Waals surface area (Å²) in [6, 6.07) is 12.8. The molecule has 1 aliphatic rings. The molecule has 0 N–H and O–H groups in total. The number of benzene rings is 2. The Labute approximate surface area is 185 Å². The lowest BCUT2D eigenvalue weighted by Gasteiger charge is -2.22. The van der Waals surface area contributed by atoms with E-state index in [1.54, 1.807) is 10.6 Å². The molecule has 8 nitrogen and oxygen atoms in total. The summed E-state index contributed by atoms with van der Waals surface area (Å²) in [5.41, 5.74) is 2.10. The monoisotopic (exact) mass is 459 g/mol. The molecule has 1 atom stereocenters. The van der Waals surface area contributed by atoms with Crippen LogP contribution in [0.2, 0.25) is 0 Å². The molecule has 4 rings (SSSR count). The fourth-order valence-corrected chi connectivity index (χ4v) is 3.10. The van der Waals surface area contributed by atoms with Crippen molar-refractivity contribution in [3.05, 3.63) is 81.5 Å². The highest BCUT2D eigenvalue weighted by Crippen LogP contribution is 2.24. The van der Waals surface area contributed by atoms with Gasteiger partial charge in [-0.2, -0.15) is 0 Å². The first-order chi connectivity index (χ1) is 15.7. The fraction of sp³-hybridized carbons (Fsp3) is 0.227. The summed E-state index contributed by atoms with van der Waals surface area (Å²) in [7, 11) is 0. The van der Waals surface area contributed by atoms with Crippen LogP contribution in [0, 0.1) is 22.0 Å². The molecule has 0 fully saturated rings. The molecule has 0 saturated carbocycles. The van der Waals surface area contributed by atoms with E-state index in [0.717, 1.165) is 5.56 Å². The molecule has 1 aromatic heterocycles. The third-order valence-corrected chi connectivity index (χ3v) is 4.56. The molecule has 0 saturated heterocycles. The normalized spacial score (nSPS) is 15.1. The Morgan fingerprint density at radius 1 is 1.18 bits per heavy atom. The highest BCUT2D eigenvalue weighted by Gasteiger charge is 2.31. The van der Waals surface area contributed by atoms with Gasteiger partial charge in [0.2, 0.25) is 0 Å². The van der Waals surface area contributed by atoms with E-state index in [1.165, 1.54) is 30.5 Å². The fourth-order valence-electron chi connectivity index (χ4n) is 3.10. The van der Waals surface area contributed by atoms with Gasteiger partial charge in [0.15, 0.2) is 0 Å². The van der Waals surface area contributed by atoms with E-state index in [1.807, 2.05) is 18.2 Å². The lowest BCUT2D eigenvalue weighted by atomic mass is 10.1. The highest BCUT2D eigenvalue weighted by molar-refractivity contribution is 5.45. The van der Waals surface area contributed by atoms with Gasteiger partial charge in [-0.05, 0) is 46.9 Å². The minimum atomic E-state index is -4.74. The first-order valence-electron chi connectivity index (χ1n) is 9.68. The van der Waals surface area contributed by atoms with Crippen LogP contribution in [-0.2, 0) is 17.9 Å². The number of hydrogen-bond donors (Lipinski definition) is 0. The minimum absolute atomic E-state index is 0.192. The van der Waals surface area contributed by atoms with Crippen LogP contribution in [0.3, 0.4) is 0 Å². The largest absolute Gasteiger partial charge is 0.573 e. The second-order valence-electron chi connectivity index (χ2n) is 7.06. The molecule has 1 aliphatic heterocycles. The third kappa shape index (κ3) is 6.02. The zero-order valence-electron chi connectivity index (χ0n) is 16.9. The highest BCUT2D eigenvalue weighted by atomic mass is 19.4. The van der Waals surface area contributed by atoms with E-state index in [2.05, 4.69) is 21.6 Å². The molecule has 0 aliphatic carbocycles. The topological polar surface area (TPSA) is 88.7 Å². The van der Waals surface area contributed by atoms with Crippen molar-refractivity contribution in [1.29, 1.82) is 0 Å². The Hall–Kier alpha value is -4.04. The molecule has 0 bridgehead atoms. The number of alkyl halides is 3. The zero-order chi connectivity index (χ0) is 23.4. The van der Waals surface area contributed by atoms with Crippen molar-refractivity contribution in [1.82, 2.24) is 9.55 Å². The number of ether oxygens (including phenoxy) is 3. The first-order valence-corrected chi connectivity index (χ1v) is 9.68. The Kier molecular flexibility index (Phi) is 6.19. The van der Waals surface area contributed by atoms with Gasteiger partial charge in [-0.3, -0.25) is 4.57 Å². The van der Waals surface area contributed by atoms with Crippen molar-refractivity contribution >= 4 is 5.82 Å². The van der Waals surface area contributed by atoms with Crippen molar-refractivity contribution in [3.8, 4) is 23.6 Å². The summed E-state index contributed by atoms with van der Waals surface area (Å²) >= 11 is 0.